The number of hydrogen-bond donors (Lipinski definition) is 2. The standard InChI is InChI=1S/C32H30F2N2O4S2.Li.H/c1-20-5-3-4-6-27(20)29-13-21(7-8-28(29)31(37)36-30(32(38)39)9-10-41-2)11-22(12-26-17-35-19-42-26)18-40-25-15-23(33)14-24(34)16-25;;/h3-8,12-17,19,30H,9-11,18H2,1-2H3,(H,36,37)(H,38,39);;/q;+1;-1/b22-12+;;. The minimum absolute atomic E-state index is 0. The maximum atomic E-state index is 13.7. The molecule has 0 aliphatic carbocycles. The second-order valence-electron chi connectivity index (χ2n) is 9.62. The molecule has 2 N–H and O–H groups in total. The van der Waals surface area contributed by atoms with Gasteiger partial charge in [-0.2, -0.15) is 11.8 Å². The van der Waals surface area contributed by atoms with E-state index in [1.165, 1.54) is 23.1 Å². The smallest absolute Gasteiger partial charge is 1.00 e. The second kappa shape index (κ2) is 16.4. The molecule has 6 nitrogen and oxygen atoms in total. The number of nitrogens with zero attached hydrogens (tertiary/aromatic N) is 1. The molecule has 1 atom stereocenters. The van der Waals surface area contributed by atoms with Crippen LogP contribution in [0.15, 0.2) is 77.9 Å². The van der Waals surface area contributed by atoms with Crippen LogP contribution in [-0.2, 0) is 11.2 Å². The van der Waals surface area contributed by atoms with Gasteiger partial charge in [-0.15, -0.1) is 11.3 Å². The molecule has 0 saturated carbocycles. The Morgan fingerprint density at radius 1 is 1.12 bits per heavy atom. The molecule has 0 spiro atoms. The molecule has 0 radical (unpaired) electrons. The van der Waals surface area contributed by atoms with Crippen LogP contribution in [0.3, 0.4) is 0 Å². The summed E-state index contributed by atoms with van der Waals surface area (Å²) in [6.07, 6.45) is 6.25. The second-order valence-corrected chi connectivity index (χ2v) is 11.5. The quantitative estimate of drug-likeness (QED) is 0.220. The number of nitrogens with one attached hydrogen (secondary N) is 1. The molecule has 11 heteroatoms. The van der Waals surface area contributed by atoms with Gasteiger partial charge >= 0.3 is 24.8 Å². The Balaban J connectivity index is 0.00000337. The molecule has 0 fully saturated rings. The first-order valence-electron chi connectivity index (χ1n) is 13.1. The molecule has 1 heterocycles. The largest absolute Gasteiger partial charge is 1.00 e. The van der Waals surface area contributed by atoms with Crippen molar-refractivity contribution in [3.63, 3.8) is 0 Å². The van der Waals surface area contributed by atoms with Crippen molar-refractivity contribution < 1.29 is 48.5 Å². The van der Waals surface area contributed by atoms with Gasteiger partial charge in [-0.1, -0.05) is 36.4 Å². The summed E-state index contributed by atoms with van der Waals surface area (Å²) in [6, 6.07) is 15.1. The molecule has 0 aliphatic heterocycles. The first-order chi connectivity index (χ1) is 20.2. The van der Waals surface area contributed by atoms with E-state index in [9.17, 15) is 23.5 Å². The Hall–Kier alpha value is -3.42. The number of aryl methyl sites for hydroxylation is 1. The fourth-order valence-corrected chi connectivity index (χ4v) is 5.49. The molecule has 1 amide bonds. The molecule has 0 aliphatic rings. The summed E-state index contributed by atoms with van der Waals surface area (Å²) in [4.78, 5) is 30.2. The summed E-state index contributed by atoms with van der Waals surface area (Å²) in [5, 5.41) is 12.3. The van der Waals surface area contributed by atoms with Crippen molar-refractivity contribution in [3.05, 3.63) is 111 Å². The molecule has 4 aromatic rings. The number of ether oxygens (including phenoxy) is 1. The minimum atomic E-state index is -1.08. The third-order valence-electron chi connectivity index (χ3n) is 6.47. The van der Waals surface area contributed by atoms with Crippen LogP contribution in [0.2, 0.25) is 0 Å². The van der Waals surface area contributed by atoms with Gasteiger partial charge in [0, 0.05) is 34.8 Å². The van der Waals surface area contributed by atoms with Crippen molar-refractivity contribution in [2.75, 3.05) is 18.6 Å². The summed E-state index contributed by atoms with van der Waals surface area (Å²) in [5.74, 6) is -2.33. The summed E-state index contributed by atoms with van der Waals surface area (Å²) < 4.78 is 33.2. The van der Waals surface area contributed by atoms with Crippen molar-refractivity contribution in [1.29, 1.82) is 0 Å². The maximum Gasteiger partial charge on any atom is 1.00 e. The molecule has 3 aromatic carbocycles. The number of aromatic nitrogens is 1. The number of thiazole rings is 1. The van der Waals surface area contributed by atoms with Crippen molar-refractivity contribution >= 4 is 41.1 Å². The van der Waals surface area contributed by atoms with Gasteiger partial charge < -0.3 is 16.6 Å². The molecule has 220 valence electrons. The fourth-order valence-electron chi connectivity index (χ4n) is 4.42. The molecule has 0 bridgehead atoms. The predicted octanol–water partition coefficient (Wildman–Crippen LogP) is 4.15. The van der Waals surface area contributed by atoms with Crippen LogP contribution in [0.4, 0.5) is 8.78 Å². The van der Waals surface area contributed by atoms with Gasteiger partial charge in [0.15, 0.2) is 0 Å². The van der Waals surface area contributed by atoms with E-state index in [0.717, 1.165) is 45.3 Å². The van der Waals surface area contributed by atoms with E-state index in [4.69, 9.17) is 4.74 Å². The number of benzene rings is 3. The van der Waals surface area contributed by atoms with E-state index >= 15 is 0 Å². The number of thioether (sulfide) groups is 1. The number of carbonyl (C=O) groups excluding carboxylic acids is 1. The summed E-state index contributed by atoms with van der Waals surface area (Å²) >= 11 is 2.96. The van der Waals surface area contributed by atoms with Crippen molar-refractivity contribution in [2.45, 2.75) is 25.8 Å². The predicted molar refractivity (Wildman–Crippen MR) is 165 cm³/mol. The average Bonchev–Trinajstić information content (AvgIpc) is 3.46. The number of hydrogen-bond acceptors (Lipinski definition) is 6. The third-order valence-corrected chi connectivity index (χ3v) is 7.83. The van der Waals surface area contributed by atoms with Crippen LogP contribution in [0.25, 0.3) is 17.2 Å². The van der Waals surface area contributed by atoms with Crippen molar-refractivity contribution in [2.24, 2.45) is 0 Å². The van der Waals surface area contributed by atoms with Gasteiger partial charge in [-0.05, 0) is 71.7 Å². The van der Waals surface area contributed by atoms with E-state index in [1.54, 1.807) is 17.8 Å². The van der Waals surface area contributed by atoms with Gasteiger partial charge in [-0.25, -0.2) is 13.6 Å². The van der Waals surface area contributed by atoms with Crippen molar-refractivity contribution in [3.8, 4) is 16.9 Å². The SMILES string of the molecule is CSCCC(NC(=O)c1ccc(C/C(=C\c2cncs2)COc2cc(F)cc(F)c2)cc1-c1ccccc1C)C(=O)O.[H-].[Li+]. The number of carboxylic acid groups (broad SMARTS) is 1. The third kappa shape index (κ3) is 9.80. The number of carbonyl (C=O) groups is 2. The van der Waals surface area contributed by atoms with Gasteiger partial charge in [-0.3, -0.25) is 9.78 Å². The zero-order valence-corrected chi connectivity index (χ0v) is 25.7. The number of amides is 1. The van der Waals surface area contributed by atoms with Crippen LogP contribution in [0.5, 0.6) is 5.75 Å². The van der Waals surface area contributed by atoms with Crippen LogP contribution < -0.4 is 28.9 Å². The number of aliphatic carboxylic acids is 1. The van der Waals surface area contributed by atoms with Gasteiger partial charge in [0.1, 0.15) is 30.0 Å². The number of carboxylic acids is 1. The zero-order chi connectivity index (χ0) is 30.1. The average molecular weight is 617 g/mol. The number of halogens is 2. The van der Waals surface area contributed by atoms with E-state index in [2.05, 4.69) is 10.3 Å². The van der Waals surface area contributed by atoms with Gasteiger partial charge in [0.25, 0.3) is 5.91 Å². The summed E-state index contributed by atoms with van der Waals surface area (Å²) in [5.41, 5.74) is 6.23. The Morgan fingerprint density at radius 3 is 2.51 bits per heavy atom. The number of rotatable bonds is 13. The molecular weight excluding hydrogens is 585 g/mol. The van der Waals surface area contributed by atoms with Crippen LogP contribution in [0, 0.1) is 18.6 Å². The molecule has 1 unspecified atom stereocenters. The first-order valence-corrected chi connectivity index (χ1v) is 15.4. The summed E-state index contributed by atoms with van der Waals surface area (Å²) in [7, 11) is 0. The van der Waals surface area contributed by atoms with Crippen LogP contribution >= 0.6 is 23.1 Å². The minimum Gasteiger partial charge on any atom is -1.00 e. The maximum absolute atomic E-state index is 13.7. The van der Waals surface area contributed by atoms with Crippen LogP contribution in [-0.4, -0.2) is 46.6 Å². The summed E-state index contributed by atoms with van der Waals surface area (Å²) in [6.45, 7) is 2.02. The van der Waals surface area contributed by atoms with E-state index in [1.807, 2.05) is 55.7 Å². The first kappa shape index (κ1) is 34.1. The Morgan fingerprint density at radius 2 is 1.86 bits per heavy atom. The molecule has 1 aromatic heterocycles. The van der Waals surface area contributed by atoms with Crippen molar-refractivity contribution in [1.82, 2.24) is 10.3 Å². The molecule has 4 rings (SSSR count). The zero-order valence-electron chi connectivity index (χ0n) is 25.1. The van der Waals surface area contributed by atoms with Crippen LogP contribution in [0.1, 0.15) is 34.2 Å². The fraction of sp³-hybridized carbons (Fsp3) is 0.219. The molecule has 43 heavy (non-hydrogen) atoms. The Bertz CT molecular complexity index is 1570. The van der Waals surface area contributed by atoms with E-state index in [-0.39, 0.29) is 32.6 Å². The van der Waals surface area contributed by atoms with Gasteiger partial charge in [0.05, 0.1) is 5.51 Å². The topological polar surface area (TPSA) is 88.5 Å². The molecular formula is C32H31F2LiN2O4S2. The monoisotopic (exact) mass is 616 g/mol. The Kier molecular flexibility index (Phi) is 13.0. The van der Waals surface area contributed by atoms with E-state index < -0.39 is 29.6 Å². The normalized spacial score (nSPS) is 11.9. The van der Waals surface area contributed by atoms with E-state index in [0.29, 0.717) is 29.7 Å². The van der Waals surface area contributed by atoms with Gasteiger partial charge in [0.2, 0.25) is 0 Å². The molecule has 0 saturated heterocycles. The Labute approximate surface area is 271 Å².